The number of fused-ring (bicyclic) bond motifs is 5. The van der Waals surface area contributed by atoms with Gasteiger partial charge in [-0.05, 0) is 98.3 Å². The molecular formula is C56H92O19. The van der Waals surface area contributed by atoms with Crippen molar-refractivity contribution < 1.29 is 90.4 Å². The number of ketones is 1. The van der Waals surface area contributed by atoms with E-state index in [0.717, 1.165) is 44.9 Å². The molecule has 29 unspecified atom stereocenters. The lowest BCUT2D eigenvalue weighted by molar-refractivity contribution is -0.352. The molecule has 7 saturated heterocycles. The highest BCUT2D eigenvalue weighted by Crippen LogP contribution is 2.67. The number of carbonyl (C=O) groups is 1. The van der Waals surface area contributed by atoms with Crippen LogP contribution in [-0.4, -0.2) is 194 Å². The smallest absolute Gasteiger partial charge is 0.172 e. The zero-order valence-electron chi connectivity index (χ0n) is 47.0. The fourth-order valence-electron chi connectivity index (χ4n) is 16.0. The minimum Gasteiger partial charge on any atom is -0.388 e. The number of methoxy groups -OCH3 is 5. The van der Waals surface area contributed by atoms with Crippen molar-refractivity contribution in [2.75, 3.05) is 35.5 Å². The van der Waals surface area contributed by atoms with Gasteiger partial charge >= 0.3 is 0 Å². The number of rotatable bonds is 15. The van der Waals surface area contributed by atoms with Crippen LogP contribution in [0.1, 0.15) is 139 Å². The second-order valence-electron chi connectivity index (χ2n) is 24.5. The number of hydrogen-bond donors (Lipinski definition) is 1. The van der Waals surface area contributed by atoms with Gasteiger partial charge in [0.25, 0.3) is 0 Å². The van der Waals surface area contributed by atoms with Crippen molar-refractivity contribution in [3.05, 3.63) is 0 Å². The first-order valence-corrected chi connectivity index (χ1v) is 28.6. The van der Waals surface area contributed by atoms with Crippen LogP contribution in [0, 0.1) is 28.6 Å². The van der Waals surface area contributed by atoms with Crippen molar-refractivity contribution in [2.45, 2.75) is 286 Å². The molecule has 3 saturated carbocycles. The zero-order valence-corrected chi connectivity index (χ0v) is 47.0. The molecule has 19 heteroatoms. The molecule has 0 aromatic heterocycles. The summed E-state index contributed by atoms with van der Waals surface area (Å²) in [7, 11) is 8.29. The Kier molecular flexibility index (Phi) is 17.6. The Hall–Kier alpha value is -1.05. The lowest BCUT2D eigenvalue weighted by atomic mass is 9.52. The standard InChI is InChI=1S/C56H92O19/c1-27-35-14-15-42(57)55(35,8)43-26-41-54(7)18-17-34(20-33(54)16-19-56(41,74-27)75-43)69-44-22-37(60-10)50(29(3)65-44)71-46-24-39(62-12)52(31(5)67-46)73-48-25-40(63-13)53(32(6)68-48)72-47-23-38(61-11)51(30(4)66-47)70-45-21-36(59-9)49(58)28(2)64-45/h27-41,43-53,58H,14-26H2,1-13H3. The molecule has 10 fully saturated rings. The number of Topliss-reactive ketones (excluding diaryl/α,β-unsaturated/α-hetero) is 1. The van der Waals surface area contributed by atoms with Crippen molar-refractivity contribution in [3.8, 4) is 0 Å². The Morgan fingerprint density at radius 1 is 0.480 bits per heavy atom. The van der Waals surface area contributed by atoms with Crippen LogP contribution >= 0.6 is 0 Å². The molecule has 0 radical (unpaired) electrons. The maximum absolute atomic E-state index is 13.4. The third kappa shape index (κ3) is 10.9. The second-order valence-corrected chi connectivity index (χ2v) is 24.5. The van der Waals surface area contributed by atoms with Crippen LogP contribution in [0.15, 0.2) is 0 Å². The van der Waals surface area contributed by atoms with Crippen LogP contribution in [0.25, 0.3) is 0 Å². The van der Waals surface area contributed by atoms with E-state index in [2.05, 4.69) is 20.8 Å². The predicted octanol–water partition coefficient (Wildman–Crippen LogP) is 6.13. The summed E-state index contributed by atoms with van der Waals surface area (Å²) >= 11 is 0. The number of aliphatic hydroxyl groups is 1. The summed E-state index contributed by atoms with van der Waals surface area (Å²) in [6.07, 6.45) is 0.175. The molecule has 3 aliphatic carbocycles. The van der Waals surface area contributed by atoms with Crippen LogP contribution in [-0.2, 0) is 85.3 Å². The molecule has 0 amide bonds. The number of ether oxygens (including phenoxy) is 17. The zero-order chi connectivity index (χ0) is 53.3. The molecule has 29 atom stereocenters. The van der Waals surface area contributed by atoms with Crippen LogP contribution in [0.2, 0.25) is 0 Å². The highest BCUT2D eigenvalue weighted by molar-refractivity contribution is 5.88. The molecule has 19 nitrogen and oxygen atoms in total. The summed E-state index contributed by atoms with van der Waals surface area (Å²) in [6, 6.07) is 0. The first-order chi connectivity index (χ1) is 35.8. The third-order valence-corrected chi connectivity index (χ3v) is 20.3. The van der Waals surface area contributed by atoms with E-state index < -0.39 is 104 Å². The Bertz CT molecular complexity index is 1920. The quantitative estimate of drug-likeness (QED) is 0.184. The Morgan fingerprint density at radius 3 is 1.36 bits per heavy atom. The molecule has 0 aromatic rings. The van der Waals surface area contributed by atoms with E-state index in [1.807, 2.05) is 27.7 Å². The van der Waals surface area contributed by atoms with Gasteiger partial charge in [0.15, 0.2) is 37.2 Å². The first kappa shape index (κ1) is 57.2. The lowest BCUT2D eigenvalue weighted by Gasteiger charge is -2.57. The summed E-state index contributed by atoms with van der Waals surface area (Å²) < 4.78 is 109. The van der Waals surface area contributed by atoms with E-state index in [0.29, 0.717) is 50.2 Å². The third-order valence-electron chi connectivity index (χ3n) is 20.3. The van der Waals surface area contributed by atoms with Gasteiger partial charge in [-0.3, -0.25) is 4.79 Å². The van der Waals surface area contributed by atoms with Gasteiger partial charge in [-0.2, -0.15) is 0 Å². The van der Waals surface area contributed by atoms with Crippen molar-refractivity contribution >= 4 is 5.78 Å². The molecule has 7 aliphatic heterocycles. The molecule has 1 N–H and O–H groups in total. The van der Waals surface area contributed by atoms with Crippen molar-refractivity contribution in [2.24, 2.45) is 28.6 Å². The summed E-state index contributed by atoms with van der Waals surface area (Å²) in [5, 5.41) is 10.5. The Labute approximate surface area is 445 Å². The molecule has 10 rings (SSSR count). The van der Waals surface area contributed by atoms with E-state index in [4.69, 9.17) is 80.5 Å². The average molecular weight is 1070 g/mol. The monoisotopic (exact) mass is 1070 g/mol. The van der Waals surface area contributed by atoms with Gasteiger partial charge in [-0.1, -0.05) is 6.92 Å². The molecule has 7 heterocycles. The second kappa shape index (κ2) is 23.1. The molecule has 75 heavy (non-hydrogen) atoms. The fourth-order valence-corrected chi connectivity index (χ4v) is 16.0. The lowest BCUT2D eigenvalue weighted by Crippen LogP contribution is -2.58. The topological polar surface area (TPSA) is 194 Å². The number of hydrogen-bond acceptors (Lipinski definition) is 19. The van der Waals surface area contributed by atoms with E-state index in [9.17, 15) is 9.90 Å². The highest BCUT2D eigenvalue weighted by atomic mass is 16.8. The van der Waals surface area contributed by atoms with Crippen molar-refractivity contribution in [1.82, 2.24) is 0 Å². The van der Waals surface area contributed by atoms with E-state index in [-0.39, 0.29) is 66.1 Å². The Morgan fingerprint density at radius 2 is 0.907 bits per heavy atom. The normalized spacial score (nSPS) is 54.2. The van der Waals surface area contributed by atoms with Crippen LogP contribution < -0.4 is 0 Å². The first-order valence-electron chi connectivity index (χ1n) is 28.6. The van der Waals surface area contributed by atoms with Gasteiger partial charge in [-0.15, -0.1) is 0 Å². The molecule has 10 aliphatic rings. The van der Waals surface area contributed by atoms with Gasteiger partial charge in [0.2, 0.25) is 0 Å². The number of carbonyl (C=O) groups excluding carboxylic acids is 1. The van der Waals surface area contributed by atoms with Gasteiger partial charge < -0.3 is 85.6 Å². The van der Waals surface area contributed by atoms with Gasteiger partial charge in [0.05, 0.1) is 84.8 Å². The molecule has 430 valence electrons. The predicted molar refractivity (Wildman–Crippen MR) is 266 cm³/mol. The highest BCUT2D eigenvalue weighted by Gasteiger charge is 2.70. The van der Waals surface area contributed by atoms with Crippen molar-refractivity contribution in [3.63, 3.8) is 0 Å². The number of aliphatic hydroxyl groups excluding tert-OH is 1. The maximum Gasteiger partial charge on any atom is 0.172 e. The van der Waals surface area contributed by atoms with Crippen LogP contribution in [0.4, 0.5) is 0 Å². The summed E-state index contributed by atoms with van der Waals surface area (Å²) in [5.74, 6) is 0.678. The molecule has 2 bridgehead atoms. The van der Waals surface area contributed by atoms with Gasteiger partial charge in [0, 0.05) is 92.3 Å². The SMILES string of the molecule is COC1CC(OC2C(C)OC(OC3C(C)OC(OC4C(C)OC(OC5C(C)OC(OC6CCC7(C)C(CCC89OC(C)C%10CCC(=O)C%10(C)C(CC87)O9)C6)CC5OC)CC4OC)CC3OC)CC2OC)OC(C)C1O. The van der Waals surface area contributed by atoms with E-state index >= 15 is 0 Å². The Balaban J connectivity index is 0.690. The van der Waals surface area contributed by atoms with Gasteiger partial charge in [-0.25, -0.2) is 0 Å². The maximum atomic E-state index is 13.4. The summed E-state index contributed by atoms with van der Waals surface area (Å²) in [6.45, 7) is 16.5. The minimum atomic E-state index is -0.740. The summed E-state index contributed by atoms with van der Waals surface area (Å²) in [5.41, 5.74) is -0.431. The van der Waals surface area contributed by atoms with E-state index in [1.165, 1.54) is 0 Å². The van der Waals surface area contributed by atoms with Crippen molar-refractivity contribution in [1.29, 1.82) is 0 Å². The van der Waals surface area contributed by atoms with Gasteiger partial charge in [0.1, 0.15) is 36.3 Å². The molecule has 0 aromatic carbocycles. The van der Waals surface area contributed by atoms with Crippen LogP contribution in [0.5, 0.6) is 0 Å². The van der Waals surface area contributed by atoms with Crippen LogP contribution in [0.3, 0.4) is 0 Å². The summed E-state index contributed by atoms with van der Waals surface area (Å²) in [4.78, 5) is 13.4. The molecule has 1 spiro atoms. The molecular weight excluding hydrogens is 977 g/mol. The minimum absolute atomic E-state index is 0.00103. The fraction of sp³-hybridized carbons (Fsp3) is 0.982. The van der Waals surface area contributed by atoms with E-state index in [1.54, 1.807) is 42.5 Å². The largest absolute Gasteiger partial charge is 0.388 e. The average Bonchev–Trinajstić information content (AvgIpc) is 3.94.